The van der Waals surface area contributed by atoms with Gasteiger partial charge in [0, 0.05) is 33.7 Å². The van der Waals surface area contributed by atoms with Crippen molar-refractivity contribution in [3.63, 3.8) is 0 Å². The van der Waals surface area contributed by atoms with Gasteiger partial charge in [0.2, 0.25) is 0 Å². The van der Waals surface area contributed by atoms with E-state index in [1.807, 2.05) is 36.5 Å². The molecule has 0 saturated carbocycles. The standard InChI is InChI=1S/C38H24N4/c1-3-9-25(10-4-1)27-15-18-29(19-16-27)37-39-24-33-34(40-37)22-21-32-35(28-12-5-2-6-13-28)41-38(42-36(32)33)31-20-17-26-11-7-8-14-30(26)23-31/h1-24H. The van der Waals surface area contributed by atoms with E-state index >= 15 is 0 Å². The number of hydrogen-bond donors (Lipinski definition) is 0. The highest BCUT2D eigenvalue weighted by molar-refractivity contribution is 6.08. The molecular weight excluding hydrogens is 512 g/mol. The van der Waals surface area contributed by atoms with Crippen molar-refractivity contribution in [1.82, 2.24) is 19.9 Å². The molecule has 0 fully saturated rings. The lowest BCUT2D eigenvalue weighted by Crippen LogP contribution is -1.97. The van der Waals surface area contributed by atoms with Gasteiger partial charge in [-0.05, 0) is 40.1 Å². The van der Waals surface area contributed by atoms with Crippen molar-refractivity contribution >= 4 is 32.6 Å². The van der Waals surface area contributed by atoms with Crippen LogP contribution in [0.4, 0.5) is 0 Å². The van der Waals surface area contributed by atoms with Gasteiger partial charge in [0.25, 0.3) is 0 Å². The molecule has 0 spiro atoms. The second-order valence-corrected chi connectivity index (χ2v) is 10.4. The lowest BCUT2D eigenvalue weighted by Gasteiger charge is -2.12. The van der Waals surface area contributed by atoms with E-state index in [4.69, 9.17) is 19.9 Å². The highest BCUT2D eigenvalue weighted by Crippen LogP contribution is 2.34. The number of benzene rings is 6. The maximum absolute atomic E-state index is 5.12. The van der Waals surface area contributed by atoms with Crippen LogP contribution in [0.5, 0.6) is 0 Å². The van der Waals surface area contributed by atoms with Gasteiger partial charge in [0.1, 0.15) is 0 Å². The summed E-state index contributed by atoms with van der Waals surface area (Å²) in [5.74, 6) is 1.37. The molecule has 0 N–H and O–H groups in total. The summed E-state index contributed by atoms with van der Waals surface area (Å²) in [6.45, 7) is 0. The van der Waals surface area contributed by atoms with Gasteiger partial charge in [0.05, 0.1) is 16.7 Å². The molecule has 0 amide bonds. The van der Waals surface area contributed by atoms with Crippen LogP contribution in [0.15, 0.2) is 146 Å². The van der Waals surface area contributed by atoms with E-state index < -0.39 is 0 Å². The molecule has 0 saturated heterocycles. The van der Waals surface area contributed by atoms with Crippen molar-refractivity contribution in [3.8, 4) is 45.2 Å². The Morgan fingerprint density at radius 3 is 1.81 bits per heavy atom. The zero-order valence-corrected chi connectivity index (χ0v) is 22.6. The fourth-order valence-electron chi connectivity index (χ4n) is 5.55. The minimum atomic E-state index is 0.681. The number of fused-ring (bicyclic) bond motifs is 4. The molecule has 6 aromatic carbocycles. The first-order valence-electron chi connectivity index (χ1n) is 14.0. The van der Waals surface area contributed by atoms with Crippen LogP contribution in [-0.4, -0.2) is 19.9 Å². The van der Waals surface area contributed by atoms with E-state index in [1.54, 1.807) is 0 Å². The van der Waals surface area contributed by atoms with Gasteiger partial charge < -0.3 is 0 Å². The number of rotatable bonds is 4. The van der Waals surface area contributed by atoms with Gasteiger partial charge in [-0.15, -0.1) is 0 Å². The summed E-state index contributed by atoms with van der Waals surface area (Å²) in [5, 5.41) is 4.22. The molecule has 0 bridgehead atoms. The van der Waals surface area contributed by atoms with E-state index in [9.17, 15) is 0 Å². The molecule has 8 rings (SSSR count). The van der Waals surface area contributed by atoms with Crippen molar-refractivity contribution < 1.29 is 0 Å². The predicted molar refractivity (Wildman–Crippen MR) is 172 cm³/mol. The second kappa shape index (κ2) is 10.0. The van der Waals surface area contributed by atoms with Crippen LogP contribution in [0, 0.1) is 0 Å². The largest absolute Gasteiger partial charge is 0.236 e. The lowest BCUT2D eigenvalue weighted by atomic mass is 10.0. The smallest absolute Gasteiger partial charge is 0.160 e. The summed E-state index contributed by atoms with van der Waals surface area (Å²) in [6.07, 6.45) is 1.90. The van der Waals surface area contributed by atoms with Crippen LogP contribution in [0.1, 0.15) is 0 Å². The third kappa shape index (κ3) is 4.27. The summed E-state index contributed by atoms with van der Waals surface area (Å²) >= 11 is 0. The SMILES string of the molecule is c1ccc(-c2ccc(-c3ncc4c(ccc5c(-c6ccccc6)nc(-c6ccc7ccccc7c6)nc54)n3)cc2)cc1. The average Bonchev–Trinajstić information content (AvgIpc) is 3.08. The minimum absolute atomic E-state index is 0.681. The normalized spacial score (nSPS) is 11.3. The highest BCUT2D eigenvalue weighted by Gasteiger charge is 2.15. The van der Waals surface area contributed by atoms with Gasteiger partial charge in [-0.2, -0.15) is 0 Å². The van der Waals surface area contributed by atoms with Crippen LogP contribution in [-0.2, 0) is 0 Å². The molecule has 0 aliphatic rings. The van der Waals surface area contributed by atoms with Crippen LogP contribution < -0.4 is 0 Å². The van der Waals surface area contributed by atoms with Gasteiger partial charge in [-0.1, -0.05) is 121 Å². The molecule has 42 heavy (non-hydrogen) atoms. The number of hydrogen-bond acceptors (Lipinski definition) is 4. The summed E-state index contributed by atoms with van der Waals surface area (Å²) in [5.41, 5.74) is 7.93. The zero-order chi connectivity index (χ0) is 27.9. The summed E-state index contributed by atoms with van der Waals surface area (Å²) in [4.78, 5) is 20.0. The van der Waals surface area contributed by atoms with Crippen LogP contribution in [0.2, 0.25) is 0 Å². The monoisotopic (exact) mass is 536 g/mol. The quantitative estimate of drug-likeness (QED) is 0.210. The first kappa shape index (κ1) is 24.1. The molecule has 196 valence electrons. The maximum atomic E-state index is 5.12. The van der Waals surface area contributed by atoms with Gasteiger partial charge in [0.15, 0.2) is 11.6 Å². The topological polar surface area (TPSA) is 51.6 Å². The average molecular weight is 537 g/mol. The maximum Gasteiger partial charge on any atom is 0.160 e. The van der Waals surface area contributed by atoms with Crippen molar-refractivity contribution in [2.45, 2.75) is 0 Å². The molecule has 4 nitrogen and oxygen atoms in total. The second-order valence-electron chi connectivity index (χ2n) is 10.4. The van der Waals surface area contributed by atoms with E-state index in [0.717, 1.165) is 55.1 Å². The minimum Gasteiger partial charge on any atom is -0.236 e. The number of nitrogens with zero attached hydrogens (tertiary/aromatic N) is 4. The molecule has 8 aromatic rings. The molecule has 2 aromatic heterocycles. The lowest BCUT2D eigenvalue weighted by molar-refractivity contribution is 1.21. The van der Waals surface area contributed by atoms with E-state index in [2.05, 4.69) is 109 Å². The zero-order valence-electron chi connectivity index (χ0n) is 22.6. The summed E-state index contributed by atoms with van der Waals surface area (Å²) < 4.78 is 0. The van der Waals surface area contributed by atoms with Gasteiger partial charge in [-0.25, -0.2) is 19.9 Å². The molecule has 4 heteroatoms. The van der Waals surface area contributed by atoms with E-state index in [-0.39, 0.29) is 0 Å². The fraction of sp³-hybridized carbons (Fsp3) is 0. The highest BCUT2D eigenvalue weighted by atomic mass is 14.9. The predicted octanol–water partition coefficient (Wildman–Crippen LogP) is 9.39. The molecule has 0 aliphatic carbocycles. The Morgan fingerprint density at radius 2 is 1.02 bits per heavy atom. The molecular formula is C38H24N4. The van der Waals surface area contributed by atoms with Crippen molar-refractivity contribution in [3.05, 3.63) is 146 Å². The molecule has 0 radical (unpaired) electrons. The molecule has 0 atom stereocenters. The first-order valence-corrected chi connectivity index (χ1v) is 14.0. The van der Waals surface area contributed by atoms with Crippen LogP contribution in [0.25, 0.3) is 77.7 Å². The third-order valence-electron chi connectivity index (χ3n) is 7.73. The fourth-order valence-corrected chi connectivity index (χ4v) is 5.55. The van der Waals surface area contributed by atoms with Gasteiger partial charge in [-0.3, -0.25) is 0 Å². The Morgan fingerprint density at radius 1 is 0.381 bits per heavy atom. The molecule has 0 aliphatic heterocycles. The van der Waals surface area contributed by atoms with Crippen molar-refractivity contribution in [2.24, 2.45) is 0 Å². The number of aromatic nitrogens is 4. The Bertz CT molecular complexity index is 2230. The van der Waals surface area contributed by atoms with E-state index in [1.165, 1.54) is 10.9 Å². The molecule has 0 unspecified atom stereocenters. The molecule has 2 heterocycles. The summed E-state index contributed by atoms with van der Waals surface area (Å²) in [7, 11) is 0. The van der Waals surface area contributed by atoms with E-state index in [0.29, 0.717) is 11.6 Å². The Labute approximate surface area is 243 Å². The van der Waals surface area contributed by atoms with Crippen LogP contribution >= 0.6 is 0 Å². The van der Waals surface area contributed by atoms with Crippen molar-refractivity contribution in [1.29, 1.82) is 0 Å². The van der Waals surface area contributed by atoms with Crippen LogP contribution in [0.3, 0.4) is 0 Å². The Hall–Kier alpha value is -5.74. The van der Waals surface area contributed by atoms with Crippen molar-refractivity contribution in [2.75, 3.05) is 0 Å². The first-order chi connectivity index (χ1) is 20.8. The third-order valence-corrected chi connectivity index (χ3v) is 7.73. The van der Waals surface area contributed by atoms with Gasteiger partial charge >= 0.3 is 0 Å². The summed E-state index contributed by atoms with van der Waals surface area (Å²) in [6, 6.07) is 47.9. The Kier molecular flexibility index (Phi) is 5.75. The Balaban J connectivity index is 1.28.